The molecule has 0 spiro atoms. The molecule has 0 radical (unpaired) electrons. The van der Waals surface area contributed by atoms with Crippen molar-refractivity contribution < 1.29 is 22.7 Å². The first-order valence-corrected chi connectivity index (χ1v) is 11.6. The first-order valence-electron chi connectivity index (χ1n) is 9.90. The third kappa shape index (κ3) is 5.60. The van der Waals surface area contributed by atoms with Crippen LogP contribution in [0.4, 0.5) is 23.7 Å². The number of urea groups is 1. The molecule has 32 heavy (non-hydrogen) atoms. The lowest BCUT2D eigenvalue weighted by atomic mass is 9.98. The zero-order valence-electron chi connectivity index (χ0n) is 16.7. The molecule has 1 fully saturated rings. The number of ether oxygens (including phenoxy) is 1. The molecule has 0 saturated carbocycles. The second kappa shape index (κ2) is 9.50. The molecule has 1 N–H and O–H groups in total. The molecule has 1 saturated heterocycles. The summed E-state index contributed by atoms with van der Waals surface area (Å²) in [5.41, 5.74) is 1.95. The van der Waals surface area contributed by atoms with Crippen molar-refractivity contribution >= 4 is 39.0 Å². The zero-order chi connectivity index (χ0) is 22.7. The highest BCUT2D eigenvalue weighted by molar-refractivity contribution is 9.10. The van der Waals surface area contributed by atoms with Crippen molar-refractivity contribution in [3.63, 3.8) is 0 Å². The number of carbonyl (C=O) groups is 1. The zero-order valence-corrected chi connectivity index (χ0v) is 19.1. The Morgan fingerprint density at radius 2 is 1.91 bits per heavy atom. The van der Waals surface area contributed by atoms with E-state index in [9.17, 15) is 18.0 Å². The van der Waals surface area contributed by atoms with E-state index in [2.05, 4.69) is 26.0 Å². The van der Waals surface area contributed by atoms with Crippen LogP contribution in [0.25, 0.3) is 11.3 Å². The molecule has 0 aliphatic carbocycles. The number of alkyl halides is 3. The maximum absolute atomic E-state index is 12.6. The molecule has 5 nitrogen and oxygen atoms in total. The molecule has 4 rings (SSSR count). The fraction of sp³-hybridized carbons (Fsp3) is 0.273. The molecule has 168 valence electrons. The van der Waals surface area contributed by atoms with Crippen molar-refractivity contribution in [2.45, 2.75) is 25.1 Å². The van der Waals surface area contributed by atoms with Crippen molar-refractivity contribution in [3.05, 3.63) is 63.4 Å². The molecule has 3 aromatic rings. The van der Waals surface area contributed by atoms with E-state index in [1.807, 2.05) is 29.6 Å². The van der Waals surface area contributed by atoms with Gasteiger partial charge in [-0.25, -0.2) is 9.78 Å². The Bertz CT molecular complexity index is 1100. The number of amides is 2. The first-order chi connectivity index (χ1) is 15.3. The second-order valence-electron chi connectivity index (χ2n) is 7.32. The number of piperidine rings is 1. The van der Waals surface area contributed by atoms with E-state index < -0.39 is 18.1 Å². The number of nitrogens with zero attached hydrogens (tertiary/aromatic N) is 2. The fourth-order valence-electron chi connectivity index (χ4n) is 3.56. The van der Waals surface area contributed by atoms with E-state index in [1.54, 1.807) is 16.2 Å². The fourth-order valence-corrected chi connectivity index (χ4v) is 4.96. The van der Waals surface area contributed by atoms with Crippen LogP contribution >= 0.6 is 27.3 Å². The molecule has 2 amide bonds. The van der Waals surface area contributed by atoms with E-state index in [4.69, 9.17) is 4.98 Å². The summed E-state index contributed by atoms with van der Waals surface area (Å²) in [5.74, 6) is -0.197. The molecule has 1 aromatic heterocycles. The highest BCUT2D eigenvalue weighted by Crippen LogP contribution is 2.34. The van der Waals surface area contributed by atoms with Gasteiger partial charge in [-0.05, 0) is 37.1 Å². The van der Waals surface area contributed by atoms with Gasteiger partial charge < -0.3 is 15.0 Å². The number of aromatic nitrogens is 1. The van der Waals surface area contributed by atoms with Crippen LogP contribution in [0.3, 0.4) is 0 Å². The van der Waals surface area contributed by atoms with Gasteiger partial charge in [-0.15, -0.1) is 24.5 Å². The molecular weight excluding hydrogens is 507 g/mol. The average molecular weight is 526 g/mol. The van der Waals surface area contributed by atoms with E-state index in [-0.39, 0.29) is 11.6 Å². The Labute approximate surface area is 195 Å². The SMILES string of the molecule is O=C(Nc1ccccc1OC(F)(F)F)N1CCC(c2nc(-c3cccc(Br)c3)cs2)CC1. The molecule has 0 atom stereocenters. The van der Waals surface area contributed by atoms with E-state index in [0.29, 0.717) is 13.1 Å². The molecular formula is C22H19BrF3N3O2S. The van der Waals surface area contributed by atoms with Gasteiger partial charge in [-0.3, -0.25) is 0 Å². The van der Waals surface area contributed by atoms with Crippen LogP contribution in [0.2, 0.25) is 0 Å². The van der Waals surface area contributed by atoms with Crippen LogP contribution in [0.15, 0.2) is 58.4 Å². The number of anilines is 1. The third-order valence-electron chi connectivity index (χ3n) is 5.13. The van der Waals surface area contributed by atoms with E-state index >= 15 is 0 Å². The number of thiazole rings is 1. The third-order valence-corrected chi connectivity index (χ3v) is 6.63. The molecule has 1 aliphatic heterocycles. The summed E-state index contributed by atoms with van der Waals surface area (Å²) in [5, 5.41) is 5.60. The summed E-state index contributed by atoms with van der Waals surface area (Å²) in [4.78, 5) is 19.0. The Balaban J connectivity index is 1.36. The highest BCUT2D eigenvalue weighted by Gasteiger charge is 2.32. The quantitative estimate of drug-likeness (QED) is 0.403. The first kappa shape index (κ1) is 22.6. The maximum atomic E-state index is 12.6. The topological polar surface area (TPSA) is 54.5 Å². The largest absolute Gasteiger partial charge is 0.573 e. The highest BCUT2D eigenvalue weighted by atomic mass is 79.9. The number of carbonyl (C=O) groups excluding carboxylic acids is 1. The predicted octanol–water partition coefficient (Wildman–Crippen LogP) is 6.88. The number of likely N-dealkylation sites (tertiary alicyclic amines) is 1. The molecule has 0 unspecified atom stereocenters. The van der Waals surface area contributed by atoms with Crippen LogP contribution in [0.1, 0.15) is 23.8 Å². The molecule has 2 aromatic carbocycles. The van der Waals surface area contributed by atoms with Gasteiger partial charge in [-0.2, -0.15) is 0 Å². The van der Waals surface area contributed by atoms with Crippen molar-refractivity contribution in [2.24, 2.45) is 0 Å². The predicted molar refractivity (Wildman–Crippen MR) is 121 cm³/mol. The van der Waals surface area contributed by atoms with Crippen LogP contribution in [0.5, 0.6) is 5.75 Å². The summed E-state index contributed by atoms with van der Waals surface area (Å²) >= 11 is 5.08. The van der Waals surface area contributed by atoms with Crippen molar-refractivity contribution in [3.8, 4) is 17.0 Å². The van der Waals surface area contributed by atoms with Crippen LogP contribution in [0, 0.1) is 0 Å². The molecule has 0 bridgehead atoms. The number of para-hydroxylation sites is 2. The van der Waals surface area contributed by atoms with Gasteiger partial charge in [-0.1, -0.05) is 40.2 Å². The number of halogens is 4. The van der Waals surface area contributed by atoms with E-state index in [0.717, 1.165) is 33.6 Å². The van der Waals surface area contributed by atoms with Gasteiger partial charge in [0.05, 0.1) is 16.4 Å². The van der Waals surface area contributed by atoms with Crippen LogP contribution in [-0.2, 0) is 0 Å². The number of benzene rings is 2. The minimum absolute atomic E-state index is 0.0180. The Kier molecular flexibility index (Phi) is 6.71. The summed E-state index contributed by atoms with van der Waals surface area (Å²) < 4.78 is 42.8. The number of rotatable bonds is 4. The molecule has 2 heterocycles. The minimum atomic E-state index is -4.83. The lowest BCUT2D eigenvalue weighted by Crippen LogP contribution is -2.40. The lowest BCUT2D eigenvalue weighted by Gasteiger charge is -2.31. The number of hydrogen-bond donors (Lipinski definition) is 1. The van der Waals surface area contributed by atoms with Gasteiger partial charge >= 0.3 is 12.4 Å². The standard InChI is InChI=1S/C22H19BrF3N3O2S/c23-16-5-3-4-15(12-16)18-13-32-20(27-18)14-8-10-29(11-9-14)21(30)28-17-6-1-2-7-19(17)31-22(24,25)26/h1-7,12-14H,8-11H2,(H,28,30). The van der Waals surface area contributed by atoms with Crippen molar-refractivity contribution in [1.29, 1.82) is 0 Å². The monoisotopic (exact) mass is 525 g/mol. The van der Waals surface area contributed by atoms with Crippen molar-refractivity contribution in [2.75, 3.05) is 18.4 Å². The van der Waals surface area contributed by atoms with Gasteiger partial charge in [0.25, 0.3) is 0 Å². The maximum Gasteiger partial charge on any atom is 0.573 e. The Morgan fingerprint density at radius 1 is 1.16 bits per heavy atom. The average Bonchev–Trinajstić information content (AvgIpc) is 3.25. The van der Waals surface area contributed by atoms with Crippen molar-refractivity contribution in [1.82, 2.24) is 9.88 Å². The normalized spacial score (nSPS) is 14.9. The van der Waals surface area contributed by atoms with Gasteiger partial charge in [0.2, 0.25) is 0 Å². The van der Waals surface area contributed by atoms with Gasteiger partial charge in [0.15, 0.2) is 5.75 Å². The van der Waals surface area contributed by atoms with Crippen LogP contribution < -0.4 is 10.1 Å². The minimum Gasteiger partial charge on any atom is -0.404 e. The molecule has 1 aliphatic rings. The Hall–Kier alpha value is -2.59. The molecule has 10 heteroatoms. The number of hydrogen-bond acceptors (Lipinski definition) is 4. The summed E-state index contributed by atoms with van der Waals surface area (Å²) in [7, 11) is 0. The second-order valence-corrected chi connectivity index (χ2v) is 9.12. The van der Waals surface area contributed by atoms with Crippen LogP contribution in [-0.4, -0.2) is 35.4 Å². The number of nitrogens with one attached hydrogen (secondary N) is 1. The lowest BCUT2D eigenvalue weighted by molar-refractivity contribution is -0.274. The summed E-state index contributed by atoms with van der Waals surface area (Å²) in [6, 6.07) is 13.0. The smallest absolute Gasteiger partial charge is 0.404 e. The summed E-state index contributed by atoms with van der Waals surface area (Å²) in [6.07, 6.45) is -3.36. The summed E-state index contributed by atoms with van der Waals surface area (Å²) in [6.45, 7) is 0.981. The van der Waals surface area contributed by atoms with Gasteiger partial charge in [0, 0.05) is 34.4 Å². The van der Waals surface area contributed by atoms with E-state index in [1.165, 1.54) is 24.3 Å². The Morgan fingerprint density at radius 3 is 2.62 bits per heavy atom. The van der Waals surface area contributed by atoms with Gasteiger partial charge in [0.1, 0.15) is 0 Å².